The first-order valence-electron chi connectivity index (χ1n) is 11.9. The number of nitrogens with zero attached hydrogens (tertiary/aromatic N) is 6. The number of carbonyl (C=O) groups is 1. The van der Waals surface area contributed by atoms with Crippen LogP contribution in [0.25, 0.3) is 22.2 Å². The first-order chi connectivity index (χ1) is 17.6. The molecule has 8 nitrogen and oxygen atoms in total. The summed E-state index contributed by atoms with van der Waals surface area (Å²) in [4.78, 5) is 21.2. The molecule has 11 heteroatoms. The number of carbonyl (C=O) groups excluding carboxylic acids is 1. The smallest absolute Gasteiger partial charge is 0.416 e. The average Bonchev–Trinajstić information content (AvgIpc) is 3.48. The van der Waals surface area contributed by atoms with E-state index in [1.54, 1.807) is 27.5 Å². The maximum Gasteiger partial charge on any atom is 0.416 e. The first-order valence-corrected chi connectivity index (χ1v) is 11.9. The zero-order valence-electron chi connectivity index (χ0n) is 20.7. The van der Waals surface area contributed by atoms with Crippen molar-refractivity contribution in [2.45, 2.75) is 25.7 Å². The number of ether oxygens (including phenoxy) is 1. The summed E-state index contributed by atoms with van der Waals surface area (Å²) < 4.78 is 48.0. The van der Waals surface area contributed by atoms with Gasteiger partial charge in [0.15, 0.2) is 0 Å². The number of anilines is 1. The third-order valence-corrected chi connectivity index (χ3v) is 6.77. The number of halogens is 3. The SMILES string of the molecule is COc1cc(N2CCN(C(=O)Cn3cnc4cc(C(F)(F)F)ccc43)C[C@@H]2C)ccc1-c1cnn(C)c1. The van der Waals surface area contributed by atoms with Gasteiger partial charge in [0.2, 0.25) is 5.91 Å². The Bertz CT molecular complexity index is 1440. The molecule has 0 radical (unpaired) electrons. The molecule has 0 spiro atoms. The van der Waals surface area contributed by atoms with E-state index in [4.69, 9.17) is 4.74 Å². The minimum Gasteiger partial charge on any atom is -0.496 e. The molecule has 3 heterocycles. The predicted octanol–water partition coefficient (Wildman–Crippen LogP) is 4.20. The number of methoxy groups -OCH3 is 1. The van der Waals surface area contributed by atoms with Crippen molar-refractivity contribution in [1.29, 1.82) is 0 Å². The number of aromatic nitrogens is 4. The molecule has 2 aromatic heterocycles. The molecule has 0 N–H and O–H groups in total. The number of alkyl halides is 3. The lowest BCUT2D eigenvalue weighted by Crippen LogP contribution is -2.54. The van der Waals surface area contributed by atoms with Gasteiger partial charge in [-0.3, -0.25) is 9.48 Å². The lowest BCUT2D eigenvalue weighted by atomic mass is 10.1. The highest BCUT2D eigenvalue weighted by Gasteiger charge is 2.31. The van der Waals surface area contributed by atoms with E-state index < -0.39 is 11.7 Å². The van der Waals surface area contributed by atoms with Gasteiger partial charge in [-0.05, 0) is 37.3 Å². The highest BCUT2D eigenvalue weighted by Crippen LogP contribution is 2.35. The first kappa shape index (κ1) is 24.7. The lowest BCUT2D eigenvalue weighted by Gasteiger charge is -2.41. The van der Waals surface area contributed by atoms with Gasteiger partial charge < -0.3 is 19.1 Å². The van der Waals surface area contributed by atoms with Gasteiger partial charge in [-0.15, -0.1) is 0 Å². The number of hydrogen-bond acceptors (Lipinski definition) is 5. The van der Waals surface area contributed by atoms with Crippen LogP contribution in [0, 0.1) is 0 Å². The maximum atomic E-state index is 13.1. The van der Waals surface area contributed by atoms with Crippen LogP contribution in [-0.4, -0.2) is 62.9 Å². The van der Waals surface area contributed by atoms with Crippen LogP contribution < -0.4 is 9.64 Å². The van der Waals surface area contributed by atoms with Crippen molar-refractivity contribution in [2.75, 3.05) is 31.6 Å². The third-order valence-electron chi connectivity index (χ3n) is 6.77. The van der Waals surface area contributed by atoms with Crippen LogP contribution in [0.5, 0.6) is 5.75 Å². The summed E-state index contributed by atoms with van der Waals surface area (Å²) in [7, 11) is 3.51. The molecule has 0 aliphatic carbocycles. The molecule has 1 aliphatic heterocycles. The van der Waals surface area contributed by atoms with Gasteiger partial charge in [0.1, 0.15) is 12.3 Å². The molecule has 5 rings (SSSR count). The van der Waals surface area contributed by atoms with Crippen LogP contribution in [0.15, 0.2) is 55.1 Å². The molecule has 194 valence electrons. The molecule has 2 aromatic carbocycles. The summed E-state index contributed by atoms with van der Waals surface area (Å²) in [6.45, 7) is 3.77. The summed E-state index contributed by atoms with van der Waals surface area (Å²) in [5.74, 6) is 0.645. The van der Waals surface area contributed by atoms with Crippen LogP contribution in [0.3, 0.4) is 0 Å². The van der Waals surface area contributed by atoms with Crippen molar-refractivity contribution >= 4 is 22.6 Å². The van der Waals surface area contributed by atoms with Crippen LogP contribution >= 0.6 is 0 Å². The van der Waals surface area contributed by atoms with E-state index in [0.29, 0.717) is 25.2 Å². The highest BCUT2D eigenvalue weighted by atomic mass is 19.4. The quantitative estimate of drug-likeness (QED) is 0.401. The summed E-state index contributed by atoms with van der Waals surface area (Å²) in [6.07, 6.45) is 0.706. The Hall–Kier alpha value is -4.02. The van der Waals surface area contributed by atoms with Gasteiger partial charge in [0.05, 0.1) is 36.2 Å². The van der Waals surface area contributed by atoms with Crippen LogP contribution in [0.4, 0.5) is 18.9 Å². The summed E-state index contributed by atoms with van der Waals surface area (Å²) in [6, 6.07) is 9.51. The molecule has 0 unspecified atom stereocenters. The van der Waals surface area contributed by atoms with Crippen LogP contribution in [-0.2, 0) is 24.6 Å². The maximum absolute atomic E-state index is 13.1. The Morgan fingerprint density at radius 1 is 1.16 bits per heavy atom. The van der Waals surface area contributed by atoms with E-state index in [2.05, 4.69) is 21.9 Å². The fraction of sp³-hybridized carbons (Fsp3) is 0.346. The second kappa shape index (κ2) is 9.45. The summed E-state index contributed by atoms with van der Waals surface area (Å²) in [5.41, 5.74) is 2.88. The average molecular weight is 513 g/mol. The van der Waals surface area contributed by atoms with Gasteiger partial charge in [0, 0.05) is 61.8 Å². The minimum atomic E-state index is -4.44. The molecule has 4 aromatic rings. The van der Waals surface area contributed by atoms with Crippen molar-refractivity contribution < 1.29 is 22.7 Å². The second-order valence-corrected chi connectivity index (χ2v) is 9.24. The van der Waals surface area contributed by atoms with E-state index in [9.17, 15) is 18.0 Å². The summed E-state index contributed by atoms with van der Waals surface area (Å²) >= 11 is 0. The van der Waals surface area contributed by atoms with E-state index in [-0.39, 0.29) is 24.0 Å². The molecule has 1 amide bonds. The fourth-order valence-corrected chi connectivity index (χ4v) is 4.84. The Balaban J connectivity index is 1.27. The Labute approximate surface area is 211 Å². The number of imidazole rings is 1. The molecule has 0 saturated carbocycles. The summed E-state index contributed by atoms with van der Waals surface area (Å²) in [5, 5.41) is 4.24. The van der Waals surface area contributed by atoms with E-state index in [0.717, 1.165) is 34.7 Å². The highest BCUT2D eigenvalue weighted by molar-refractivity contribution is 5.81. The molecular formula is C26H27F3N6O2. The monoisotopic (exact) mass is 512 g/mol. The number of fused-ring (bicyclic) bond motifs is 1. The van der Waals surface area contributed by atoms with Gasteiger partial charge in [-0.25, -0.2) is 4.98 Å². The normalized spacial score (nSPS) is 16.4. The standard InChI is InChI=1S/C26H27F3N6O2/c1-17-13-33(25(36)15-34-16-30-22-10-19(26(27,28)29)4-7-23(22)34)8-9-35(17)20-5-6-21(24(11-20)37-3)18-12-31-32(2)14-18/h4-7,10-12,14,16-17H,8-9,13,15H2,1-3H3/t17-/m0/s1. The zero-order valence-corrected chi connectivity index (χ0v) is 20.7. The Morgan fingerprint density at radius 3 is 2.65 bits per heavy atom. The molecule has 1 saturated heterocycles. The van der Waals surface area contributed by atoms with Crippen LogP contribution in [0.1, 0.15) is 12.5 Å². The Kier molecular flexibility index (Phi) is 6.30. The number of amides is 1. The molecule has 1 aliphatic rings. The van der Waals surface area contributed by atoms with Crippen molar-refractivity contribution in [3.8, 4) is 16.9 Å². The number of rotatable bonds is 5. The predicted molar refractivity (Wildman–Crippen MR) is 133 cm³/mol. The van der Waals surface area contributed by atoms with E-state index in [1.165, 1.54) is 12.4 Å². The van der Waals surface area contributed by atoms with E-state index in [1.807, 2.05) is 31.4 Å². The van der Waals surface area contributed by atoms with E-state index >= 15 is 0 Å². The number of piperazine rings is 1. The van der Waals surface area contributed by atoms with Crippen molar-refractivity contribution in [3.63, 3.8) is 0 Å². The van der Waals surface area contributed by atoms with Gasteiger partial charge >= 0.3 is 6.18 Å². The van der Waals surface area contributed by atoms with Gasteiger partial charge in [-0.1, -0.05) is 0 Å². The molecule has 1 atom stereocenters. The Morgan fingerprint density at radius 2 is 1.97 bits per heavy atom. The number of aryl methyl sites for hydroxylation is 1. The number of benzene rings is 2. The van der Waals surface area contributed by atoms with Crippen molar-refractivity contribution in [1.82, 2.24) is 24.2 Å². The second-order valence-electron chi connectivity index (χ2n) is 9.24. The minimum absolute atomic E-state index is 0.0161. The van der Waals surface area contributed by atoms with Crippen molar-refractivity contribution in [3.05, 3.63) is 60.7 Å². The lowest BCUT2D eigenvalue weighted by molar-refractivity contribution is -0.137. The molecule has 1 fully saturated rings. The van der Waals surface area contributed by atoms with Crippen molar-refractivity contribution in [2.24, 2.45) is 7.05 Å². The molecule has 37 heavy (non-hydrogen) atoms. The van der Waals surface area contributed by atoms with Crippen LogP contribution in [0.2, 0.25) is 0 Å². The van der Waals surface area contributed by atoms with Gasteiger partial charge in [-0.2, -0.15) is 18.3 Å². The van der Waals surface area contributed by atoms with Gasteiger partial charge in [0.25, 0.3) is 0 Å². The molecule has 0 bridgehead atoms. The molecular weight excluding hydrogens is 485 g/mol. The number of hydrogen-bond donors (Lipinski definition) is 0. The zero-order chi connectivity index (χ0) is 26.3. The fourth-order valence-electron chi connectivity index (χ4n) is 4.84. The topological polar surface area (TPSA) is 68.4 Å². The third kappa shape index (κ3) is 4.85. The largest absolute Gasteiger partial charge is 0.496 e.